The number of carbonyl (C=O) groups excluding carboxylic acids is 1. The Morgan fingerprint density at radius 2 is 1.73 bits per heavy atom. The molecule has 164 valence electrons. The number of ether oxygens (including phenoxy) is 2. The zero-order chi connectivity index (χ0) is 22.3. The molecule has 7 nitrogen and oxygen atoms in total. The van der Waals surface area contributed by atoms with Crippen molar-refractivity contribution in [1.82, 2.24) is 5.32 Å². The lowest BCUT2D eigenvalue weighted by atomic mass is 10.1. The molecule has 0 aliphatic heterocycles. The van der Waals surface area contributed by atoms with E-state index in [4.69, 9.17) is 9.47 Å². The molecular weight excluding hydrogens is 472 g/mol. The van der Waals surface area contributed by atoms with Crippen molar-refractivity contribution >= 4 is 37.5 Å². The first kappa shape index (κ1) is 24.0. The second-order valence-corrected chi connectivity index (χ2v) is 9.32. The van der Waals surface area contributed by atoms with Crippen molar-refractivity contribution in [2.45, 2.75) is 33.2 Å². The van der Waals surface area contributed by atoms with Crippen LogP contribution in [-0.4, -0.2) is 33.8 Å². The molecule has 0 spiro atoms. The van der Waals surface area contributed by atoms with Crippen LogP contribution in [-0.2, 0) is 21.2 Å². The standard InChI is InChI=1S/C21H27BrN2O5S/c1-5-28-19-11-16(18(22)13-20(19)29-6-2)12-21(25)23-14(3)15-8-7-9-17(10-15)24-30(4,26)27/h7-11,13-14,24H,5-6,12H2,1-4H3,(H,23,25). The molecule has 2 aromatic rings. The van der Waals surface area contributed by atoms with E-state index in [-0.39, 0.29) is 18.4 Å². The van der Waals surface area contributed by atoms with Gasteiger partial charge in [-0.15, -0.1) is 0 Å². The quantitative estimate of drug-likeness (QED) is 0.515. The predicted octanol–water partition coefficient (Wildman–Crippen LogP) is 4.04. The van der Waals surface area contributed by atoms with E-state index in [2.05, 4.69) is 26.0 Å². The molecule has 0 heterocycles. The van der Waals surface area contributed by atoms with Gasteiger partial charge in [-0.2, -0.15) is 0 Å². The largest absolute Gasteiger partial charge is 0.490 e. The number of halogens is 1. The number of carbonyl (C=O) groups is 1. The third-order valence-corrected chi connectivity index (χ3v) is 5.48. The fraction of sp³-hybridized carbons (Fsp3) is 0.381. The molecule has 2 rings (SSSR count). The van der Waals surface area contributed by atoms with Gasteiger partial charge in [-0.3, -0.25) is 9.52 Å². The first-order chi connectivity index (χ1) is 14.1. The molecule has 0 fully saturated rings. The van der Waals surface area contributed by atoms with Crippen LogP contribution in [0.1, 0.15) is 37.9 Å². The summed E-state index contributed by atoms with van der Waals surface area (Å²) in [6.45, 7) is 6.63. The van der Waals surface area contributed by atoms with Crippen LogP contribution in [0.25, 0.3) is 0 Å². The van der Waals surface area contributed by atoms with E-state index in [1.165, 1.54) is 0 Å². The van der Waals surface area contributed by atoms with E-state index >= 15 is 0 Å². The Bertz CT molecular complexity index is 995. The van der Waals surface area contributed by atoms with Gasteiger partial charge in [0.1, 0.15) is 0 Å². The van der Waals surface area contributed by atoms with E-state index in [9.17, 15) is 13.2 Å². The van der Waals surface area contributed by atoms with E-state index in [1.54, 1.807) is 30.3 Å². The summed E-state index contributed by atoms with van der Waals surface area (Å²) in [5.74, 6) is 1.05. The molecule has 0 saturated carbocycles. The average molecular weight is 499 g/mol. The summed E-state index contributed by atoms with van der Waals surface area (Å²) in [5, 5.41) is 2.94. The lowest BCUT2D eigenvalue weighted by molar-refractivity contribution is -0.121. The highest BCUT2D eigenvalue weighted by molar-refractivity contribution is 9.10. The number of anilines is 1. The smallest absolute Gasteiger partial charge is 0.229 e. The first-order valence-corrected chi connectivity index (χ1v) is 12.3. The van der Waals surface area contributed by atoms with Crippen molar-refractivity contribution in [2.24, 2.45) is 0 Å². The first-order valence-electron chi connectivity index (χ1n) is 9.58. The van der Waals surface area contributed by atoms with Crippen LogP contribution in [0.15, 0.2) is 40.9 Å². The van der Waals surface area contributed by atoms with Gasteiger partial charge in [-0.05, 0) is 56.2 Å². The van der Waals surface area contributed by atoms with Gasteiger partial charge in [-0.25, -0.2) is 8.42 Å². The van der Waals surface area contributed by atoms with Crippen molar-refractivity contribution in [1.29, 1.82) is 0 Å². The summed E-state index contributed by atoms with van der Waals surface area (Å²) in [4.78, 5) is 12.6. The summed E-state index contributed by atoms with van der Waals surface area (Å²) in [7, 11) is -3.37. The van der Waals surface area contributed by atoms with Crippen LogP contribution >= 0.6 is 15.9 Å². The van der Waals surface area contributed by atoms with Gasteiger partial charge in [0.25, 0.3) is 0 Å². The highest BCUT2D eigenvalue weighted by Gasteiger charge is 2.16. The Kier molecular flexibility index (Phi) is 8.54. The number of sulfonamides is 1. The Hall–Kier alpha value is -2.26. The Morgan fingerprint density at radius 1 is 1.10 bits per heavy atom. The summed E-state index contributed by atoms with van der Waals surface area (Å²) in [6, 6.07) is 10.2. The topological polar surface area (TPSA) is 93.7 Å². The number of rotatable bonds is 10. The average Bonchev–Trinajstić information content (AvgIpc) is 2.64. The summed E-state index contributed by atoms with van der Waals surface area (Å²) in [6.07, 6.45) is 1.24. The lowest BCUT2D eigenvalue weighted by Crippen LogP contribution is -2.28. The number of benzene rings is 2. The summed E-state index contributed by atoms with van der Waals surface area (Å²) >= 11 is 3.50. The number of nitrogens with one attached hydrogen (secondary N) is 2. The zero-order valence-corrected chi connectivity index (χ0v) is 19.9. The lowest BCUT2D eigenvalue weighted by Gasteiger charge is -2.17. The number of hydrogen-bond acceptors (Lipinski definition) is 5. The van der Waals surface area contributed by atoms with Gasteiger partial charge < -0.3 is 14.8 Å². The predicted molar refractivity (Wildman–Crippen MR) is 122 cm³/mol. The Labute approximate surface area is 186 Å². The van der Waals surface area contributed by atoms with Crippen LogP contribution in [0.3, 0.4) is 0 Å². The second-order valence-electron chi connectivity index (χ2n) is 6.72. The van der Waals surface area contributed by atoms with Crippen molar-refractivity contribution in [2.75, 3.05) is 24.2 Å². The summed E-state index contributed by atoms with van der Waals surface area (Å²) in [5.41, 5.74) is 2.02. The maximum absolute atomic E-state index is 12.6. The molecule has 0 radical (unpaired) electrons. The molecule has 0 aromatic heterocycles. The minimum Gasteiger partial charge on any atom is -0.490 e. The molecule has 1 atom stereocenters. The molecule has 1 amide bonds. The van der Waals surface area contributed by atoms with Gasteiger partial charge >= 0.3 is 0 Å². The monoisotopic (exact) mass is 498 g/mol. The van der Waals surface area contributed by atoms with Crippen LogP contribution in [0.2, 0.25) is 0 Å². The maximum Gasteiger partial charge on any atom is 0.229 e. The van der Waals surface area contributed by atoms with Gasteiger partial charge in [0, 0.05) is 10.2 Å². The van der Waals surface area contributed by atoms with Gasteiger partial charge in [0.15, 0.2) is 11.5 Å². The van der Waals surface area contributed by atoms with Crippen LogP contribution in [0, 0.1) is 0 Å². The third-order valence-electron chi connectivity index (χ3n) is 4.13. The van der Waals surface area contributed by atoms with Crippen molar-refractivity contribution < 1.29 is 22.7 Å². The van der Waals surface area contributed by atoms with Crippen LogP contribution in [0.4, 0.5) is 5.69 Å². The molecule has 0 aliphatic carbocycles. The SMILES string of the molecule is CCOc1cc(Br)c(CC(=O)NC(C)c2cccc(NS(C)(=O)=O)c2)cc1OCC. The number of hydrogen-bond donors (Lipinski definition) is 2. The molecule has 0 saturated heterocycles. The van der Waals surface area contributed by atoms with Gasteiger partial charge in [0.2, 0.25) is 15.9 Å². The minimum absolute atomic E-state index is 0.151. The molecule has 9 heteroatoms. The molecule has 2 N–H and O–H groups in total. The molecule has 0 bridgehead atoms. The maximum atomic E-state index is 12.6. The zero-order valence-electron chi connectivity index (χ0n) is 17.5. The Morgan fingerprint density at radius 3 is 2.33 bits per heavy atom. The molecule has 30 heavy (non-hydrogen) atoms. The molecular formula is C21H27BrN2O5S. The number of amides is 1. The fourth-order valence-corrected chi connectivity index (χ4v) is 3.90. The third kappa shape index (κ3) is 7.21. The van der Waals surface area contributed by atoms with Gasteiger partial charge in [0.05, 0.1) is 31.9 Å². The minimum atomic E-state index is -3.37. The van der Waals surface area contributed by atoms with Crippen LogP contribution < -0.4 is 19.5 Å². The van der Waals surface area contributed by atoms with E-state index in [0.717, 1.165) is 21.9 Å². The summed E-state index contributed by atoms with van der Waals surface area (Å²) < 4.78 is 37.3. The van der Waals surface area contributed by atoms with Crippen molar-refractivity contribution in [3.63, 3.8) is 0 Å². The van der Waals surface area contributed by atoms with Crippen molar-refractivity contribution in [3.05, 3.63) is 52.0 Å². The second kappa shape index (κ2) is 10.7. The van der Waals surface area contributed by atoms with E-state index in [1.807, 2.05) is 26.8 Å². The van der Waals surface area contributed by atoms with Crippen molar-refractivity contribution in [3.8, 4) is 11.5 Å². The molecule has 0 aliphatic rings. The highest BCUT2D eigenvalue weighted by Crippen LogP contribution is 2.34. The van der Waals surface area contributed by atoms with E-state index < -0.39 is 10.0 Å². The van der Waals surface area contributed by atoms with Crippen LogP contribution in [0.5, 0.6) is 11.5 Å². The van der Waals surface area contributed by atoms with E-state index in [0.29, 0.717) is 30.4 Å². The Balaban J connectivity index is 2.11. The molecule has 1 unspecified atom stereocenters. The normalized spacial score (nSPS) is 12.2. The van der Waals surface area contributed by atoms with Gasteiger partial charge in [-0.1, -0.05) is 28.1 Å². The highest BCUT2D eigenvalue weighted by atomic mass is 79.9. The fourth-order valence-electron chi connectivity index (χ4n) is 2.88. The molecule has 2 aromatic carbocycles.